The Kier molecular flexibility index (Phi) is 33.9. The van der Waals surface area contributed by atoms with Gasteiger partial charge in [0.25, 0.3) is 0 Å². The largest absolute Gasteiger partial charge is 2.00 e. The summed E-state index contributed by atoms with van der Waals surface area (Å²) in [6.07, 6.45) is 24.1. The number of rotatable bonds is 4. The Hall–Kier alpha value is -0.406. The molecule has 0 unspecified atom stereocenters. The van der Waals surface area contributed by atoms with Gasteiger partial charge in [-0.1, -0.05) is 26.7 Å². The summed E-state index contributed by atoms with van der Waals surface area (Å²) in [6.45, 7) is 4.79. The molecule has 21 heavy (non-hydrogen) atoms. The number of aliphatic hydroxyl groups excluding tert-OH is 2. The fraction of sp³-hybridized carbons (Fsp3) is 0.556. The molecular weight excluding hydrogens is 296 g/mol. The second-order valence-electron chi connectivity index (χ2n) is 4.16. The van der Waals surface area contributed by atoms with Gasteiger partial charge >= 0.3 is 21.7 Å². The molecule has 0 aliphatic heterocycles. The maximum atomic E-state index is 8.07. The summed E-state index contributed by atoms with van der Waals surface area (Å²) in [5.74, 6) is 0. The minimum Gasteiger partial charge on any atom is -0.396 e. The molecule has 0 aromatic heterocycles. The van der Waals surface area contributed by atoms with Crippen molar-refractivity contribution in [1.29, 1.82) is 0 Å². The van der Waals surface area contributed by atoms with Gasteiger partial charge in [-0.2, -0.15) is 12.2 Å². The zero-order valence-corrected chi connectivity index (χ0v) is 15.1. The average Bonchev–Trinajstić information content (AvgIpc) is 3.20. The predicted molar refractivity (Wildman–Crippen MR) is 87.1 cm³/mol. The normalized spacial score (nSPS) is 12.4. The smallest absolute Gasteiger partial charge is 0.396 e. The van der Waals surface area contributed by atoms with Crippen molar-refractivity contribution in [3.63, 3.8) is 0 Å². The molecule has 0 fully saturated rings. The van der Waals surface area contributed by atoms with Crippen molar-refractivity contribution in [3.05, 3.63) is 48.6 Å². The minimum absolute atomic E-state index is 0. The summed E-state index contributed by atoms with van der Waals surface area (Å²) < 4.78 is 0. The third-order valence-corrected chi connectivity index (χ3v) is 2.20. The standard InChI is InChI=1S/2C5H5.2C4H10O.Ti/c2*1-2-4-5-3-1;2*1-2-3-4-5;/h2*1-3H,4H2;2*5H,2-4H2,1H3;/q2*-1;;;+2. The third kappa shape index (κ3) is 32.8. The van der Waals surface area contributed by atoms with Crippen LogP contribution in [-0.2, 0) is 21.7 Å². The van der Waals surface area contributed by atoms with E-state index in [1.54, 1.807) is 0 Å². The van der Waals surface area contributed by atoms with E-state index in [1.165, 1.54) is 0 Å². The molecule has 2 aliphatic carbocycles. The van der Waals surface area contributed by atoms with Crippen molar-refractivity contribution in [3.8, 4) is 0 Å². The Labute approximate surface area is 146 Å². The van der Waals surface area contributed by atoms with Crippen molar-refractivity contribution in [2.75, 3.05) is 13.2 Å². The molecule has 2 nitrogen and oxygen atoms in total. The molecule has 2 N–H and O–H groups in total. The van der Waals surface area contributed by atoms with Crippen LogP contribution in [0, 0.1) is 12.2 Å². The zero-order chi connectivity index (χ0) is 15.3. The Morgan fingerprint density at radius 3 is 1.24 bits per heavy atom. The summed E-state index contributed by atoms with van der Waals surface area (Å²) in [7, 11) is 0. The molecule has 3 heteroatoms. The molecule has 0 saturated carbocycles. The van der Waals surface area contributed by atoms with E-state index >= 15 is 0 Å². The molecule has 0 heterocycles. The number of hydrogen-bond donors (Lipinski definition) is 2. The van der Waals surface area contributed by atoms with Crippen molar-refractivity contribution in [2.24, 2.45) is 0 Å². The van der Waals surface area contributed by atoms with E-state index in [4.69, 9.17) is 10.2 Å². The quantitative estimate of drug-likeness (QED) is 0.601. The van der Waals surface area contributed by atoms with Gasteiger partial charge in [0.2, 0.25) is 0 Å². The van der Waals surface area contributed by atoms with Gasteiger partial charge in [0, 0.05) is 13.2 Å². The molecule has 2 rings (SSSR count). The Morgan fingerprint density at radius 2 is 1.19 bits per heavy atom. The summed E-state index contributed by atoms with van der Waals surface area (Å²) in [4.78, 5) is 0. The topological polar surface area (TPSA) is 40.5 Å². The van der Waals surface area contributed by atoms with E-state index in [2.05, 4.69) is 38.2 Å². The van der Waals surface area contributed by atoms with Crippen LogP contribution in [0.5, 0.6) is 0 Å². The fourth-order valence-corrected chi connectivity index (χ4v) is 0.997. The van der Waals surface area contributed by atoms with Crippen LogP contribution in [0.3, 0.4) is 0 Å². The molecule has 0 aromatic rings. The first kappa shape index (κ1) is 25.5. The van der Waals surface area contributed by atoms with Gasteiger partial charge < -0.3 is 10.2 Å². The second-order valence-corrected chi connectivity index (χ2v) is 4.16. The van der Waals surface area contributed by atoms with Crippen molar-refractivity contribution in [2.45, 2.75) is 52.4 Å². The van der Waals surface area contributed by atoms with Gasteiger partial charge in [0.15, 0.2) is 0 Å². The van der Waals surface area contributed by atoms with Crippen LogP contribution in [-0.4, -0.2) is 23.4 Å². The van der Waals surface area contributed by atoms with E-state index < -0.39 is 0 Å². The van der Waals surface area contributed by atoms with Crippen LogP contribution in [0.15, 0.2) is 36.5 Å². The Bertz CT molecular complexity index is 216. The summed E-state index contributed by atoms with van der Waals surface area (Å²) in [5, 5.41) is 16.1. The van der Waals surface area contributed by atoms with E-state index in [0.29, 0.717) is 13.2 Å². The van der Waals surface area contributed by atoms with Crippen LogP contribution in [0.1, 0.15) is 52.4 Å². The van der Waals surface area contributed by atoms with Crippen LogP contribution in [0.2, 0.25) is 0 Å². The van der Waals surface area contributed by atoms with E-state index in [1.807, 2.05) is 24.3 Å². The van der Waals surface area contributed by atoms with Crippen LogP contribution in [0.4, 0.5) is 0 Å². The molecule has 118 valence electrons. The van der Waals surface area contributed by atoms with E-state index in [-0.39, 0.29) is 21.7 Å². The van der Waals surface area contributed by atoms with E-state index in [0.717, 1.165) is 38.5 Å². The molecule has 0 aromatic carbocycles. The molecule has 0 spiro atoms. The van der Waals surface area contributed by atoms with Crippen molar-refractivity contribution < 1.29 is 31.9 Å². The first-order valence-corrected chi connectivity index (χ1v) is 7.48. The molecule has 0 bridgehead atoms. The summed E-state index contributed by atoms with van der Waals surface area (Å²) in [5.41, 5.74) is 0. The third-order valence-electron chi connectivity index (χ3n) is 2.20. The SMILES string of the molecule is CCCCO.CCCCO.[C-]1=CC=CC1.[C-]1=CC=CC1.[Ti+2]. The summed E-state index contributed by atoms with van der Waals surface area (Å²) >= 11 is 0. The second kappa shape index (κ2) is 27.9. The minimum atomic E-state index is 0. The fourth-order valence-electron chi connectivity index (χ4n) is 0.997. The van der Waals surface area contributed by atoms with Crippen molar-refractivity contribution in [1.82, 2.24) is 0 Å². The van der Waals surface area contributed by atoms with Gasteiger partial charge in [-0.3, -0.25) is 12.2 Å². The Balaban J connectivity index is -0.000000202. The van der Waals surface area contributed by atoms with Crippen molar-refractivity contribution >= 4 is 0 Å². The van der Waals surface area contributed by atoms with Gasteiger partial charge in [-0.15, -0.1) is 12.8 Å². The van der Waals surface area contributed by atoms with Gasteiger partial charge in [-0.25, -0.2) is 24.3 Å². The maximum absolute atomic E-state index is 8.07. The summed E-state index contributed by atoms with van der Waals surface area (Å²) in [6, 6.07) is 0. The number of allylic oxidation sites excluding steroid dienone is 8. The predicted octanol–water partition coefficient (Wildman–Crippen LogP) is 4.17. The van der Waals surface area contributed by atoms with Gasteiger partial charge in [0.1, 0.15) is 0 Å². The Morgan fingerprint density at radius 1 is 0.810 bits per heavy atom. The first-order valence-electron chi connectivity index (χ1n) is 7.48. The molecule has 2 aliphatic rings. The molecule has 0 radical (unpaired) electrons. The number of unbranched alkanes of at least 4 members (excludes halogenated alkanes) is 2. The zero-order valence-electron chi connectivity index (χ0n) is 13.5. The first-order chi connectivity index (χ1) is 9.83. The van der Waals surface area contributed by atoms with Crippen LogP contribution in [0.25, 0.3) is 0 Å². The number of aliphatic hydroxyl groups is 2. The van der Waals surface area contributed by atoms with Gasteiger partial charge in [0.05, 0.1) is 0 Å². The molecule has 0 amide bonds. The maximum Gasteiger partial charge on any atom is 2.00 e. The van der Waals surface area contributed by atoms with Crippen LogP contribution >= 0.6 is 0 Å². The van der Waals surface area contributed by atoms with E-state index in [9.17, 15) is 0 Å². The molecule has 0 atom stereocenters. The van der Waals surface area contributed by atoms with Gasteiger partial charge in [-0.05, 0) is 12.8 Å². The average molecular weight is 326 g/mol. The molecular formula is C18H30O2Ti. The van der Waals surface area contributed by atoms with Crippen LogP contribution < -0.4 is 0 Å². The number of hydrogen-bond acceptors (Lipinski definition) is 2. The monoisotopic (exact) mass is 326 g/mol. The molecule has 0 saturated heterocycles.